The maximum Gasteiger partial charge on any atom is 0.322 e. The van der Waals surface area contributed by atoms with Crippen molar-refractivity contribution in [2.75, 3.05) is 14.1 Å². The van der Waals surface area contributed by atoms with Gasteiger partial charge in [0, 0.05) is 14.1 Å². The van der Waals surface area contributed by atoms with Crippen molar-refractivity contribution in [3.05, 3.63) is 72.8 Å². The third-order valence-corrected chi connectivity index (χ3v) is 5.32. The molecular weight excluding hydrogens is 460 g/mol. The molecule has 0 unspecified atom stereocenters. The molecule has 5 rings (SSSR count). The van der Waals surface area contributed by atoms with Crippen LogP contribution in [0, 0.1) is 0 Å². The number of hydrogen-bond acceptors (Lipinski definition) is 4. The highest BCUT2D eigenvalue weighted by molar-refractivity contribution is 6.32. The van der Waals surface area contributed by atoms with Crippen LogP contribution >= 0.6 is 0 Å². The molecule has 0 aromatic heterocycles. The van der Waals surface area contributed by atoms with Crippen LogP contribution in [-0.4, -0.2) is 38.2 Å². The molecule has 184 valence electrons. The third-order valence-electron chi connectivity index (χ3n) is 5.32. The molecule has 0 fully saturated rings. The van der Waals surface area contributed by atoms with Gasteiger partial charge in [-0.1, -0.05) is 72.8 Å². The van der Waals surface area contributed by atoms with Gasteiger partial charge < -0.3 is 22.1 Å². The number of carbonyl (C=O) groups excluding carboxylic acids is 4. The van der Waals surface area contributed by atoms with Crippen molar-refractivity contribution < 1.29 is 19.2 Å². The van der Waals surface area contributed by atoms with Crippen molar-refractivity contribution in [2.24, 2.45) is 11.5 Å². The van der Waals surface area contributed by atoms with Crippen LogP contribution < -0.4 is 32.7 Å². The Morgan fingerprint density at radius 3 is 1.06 bits per heavy atom. The number of hydrogen-bond donors (Lipinski definition) is 6. The molecule has 0 aliphatic carbocycles. The third kappa shape index (κ3) is 5.68. The fourth-order valence-electron chi connectivity index (χ4n) is 3.93. The van der Waals surface area contributed by atoms with Gasteiger partial charge in [-0.25, -0.2) is 19.2 Å². The van der Waals surface area contributed by atoms with Crippen molar-refractivity contribution >= 4 is 67.2 Å². The van der Waals surface area contributed by atoms with E-state index in [0.29, 0.717) is 0 Å². The van der Waals surface area contributed by atoms with Crippen LogP contribution in [-0.2, 0) is 0 Å². The van der Waals surface area contributed by atoms with Crippen molar-refractivity contribution in [3.8, 4) is 0 Å². The van der Waals surface area contributed by atoms with Crippen LogP contribution in [0.15, 0.2) is 72.8 Å². The zero-order valence-electron chi connectivity index (χ0n) is 19.7. The first-order valence-corrected chi connectivity index (χ1v) is 10.9. The summed E-state index contributed by atoms with van der Waals surface area (Å²) in [5.74, 6) is 0. The molecular formula is C26H26N6O4. The summed E-state index contributed by atoms with van der Waals surface area (Å²) in [6.07, 6.45) is 0. The Kier molecular flexibility index (Phi) is 8.03. The summed E-state index contributed by atoms with van der Waals surface area (Å²) in [5, 5.41) is 18.9. The van der Waals surface area contributed by atoms with E-state index >= 15 is 0 Å². The van der Waals surface area contributed by atoms with Crippen LogP contribution in [0.5, 0.6) is 0 Å². The molecule has 8 amide bonds. The number of nitrogens with one attached hydrogen (secondary N) is 4. The minimum Gasteiger partial charge on any atom is -0.351 e. The van der Waals surface area contributed by atoms with E-state index in [9.17, 15) is 19.2 Å². The molecule has 0 atom stereocenters. The van der Waals surface area contributed by atoms with Gasteiger partial charge in [0.2, 0.25) is 0 Å². The molecule has 0 saturated carbocycles. The highest BCUT2D eigenvalue weighted by Crippen LogP contribution is 2.39. The molecule has 8 N–H and O–H groups in total. The maximum atomic E-state index is 10.3. The molecule has 5 aromatic carbocycles. The van der Waals surface area contributed by atoms with E-state index in [0.717, 1.165) is 0 Å². The minimum absolute atomic E-state index is 0.519. The number of carbonyl (C=O) groups is 4. The van der Waals surface area contributed by atoms with Gasteiger partial charge in [-0.05, 0) is 43.1 Å². The molecule has 5 aromatic rings. The number of urea groups is 4. The van der Waals surface area contributed by atoms with Crippen LogP contribution in [0.4, 0.5) is 19.2 Å². The van der Waals surface area contributed by atoms with Crippen LogP contribution in [0.3, 0.4) is 0 Å². The number of primary amides is 2. The van der Waals surface area contributed by atoms with Gasteiger partial charge in [0.25, 0.3) is 0 Å². The van der Waals surface area contributed by atoms with Crippen molar-refractivity contribution in [3.63, 3.8) is 0 Å². The second-order valence-corrected chi connectivity index (χ2v) is 7.56. The molecule has 10 nitrogen and oxygen atoms in total. The Morgan fingerprint density at radius 2 is 0.833 bits per heavy atom. The van der Waals surface area contributed by atoms with Crippen molar-refractivity contribution in [1.82, 2.24) is 21.3 Å². The lowest BCUT2D eigenvalue weighted by atomic mass is 9.90. The largest absolute Gasteiger partial charge is 0.351 e. The van der Waals surface area contributed by atoms with Gasteiger partial charge in [0.05, 0.1) is 0 Å². The summed E-state index contributed by atoms with van der Waals surface area (Å²) in [5.41, 5.74) is 8.88. The average molecular weight is 487 g/mol. The molecule has 0 saturated heterocycles. The van der Waals surface area contributed by atoms with E-state index in [1.807, 2.05) is 5.32 Å². The lowest BCUT2D eigenvalue weighted by molar-refractivity contribution is 0.229. The van der Waals surface area contributed by atoms with E-state index in [1.54, 1.807) is 5.32 Å². The Balaban J connectivity index is 0.000000190. The van der Waals surface area contributed by atoms with E-state index < -0.39 is 24.1 Å². The Labute approximate surface area is 206 Å². The number of amides is 8. The highest BCUT2D eigenvalue weighted by atomic mass is 16.2. The Hall–Kier alpha value is -5.12. The van der Waals surface area contributed by atoms with Gasteiger partial charge >= 0.3 is 24.1 Å². The quantitative estimate of drug-likeness (QED) is 0.145. The second kappa shape index (κ2) is 11.3. The van der Waals surface area contributed by atoms with Gasteiger partial charge in [-0.15, -0.1) is 0 Å². The van der Waals surface area contributed by atoms with Crippen LogP contribution in [0.1, 0.15) is 0 Å². The lowest BCUT2D eigenvalue weighted by Crippen LogP contribution is -2.42. The number of imide groups is 2. The molecule has 0 heterocycles. The van der Waals surface area contributed by atoms with E-state index in [4.69, 9.17) is 0 Å². The lowest BCUT2D eigenvalue weighted by Gasteiger charge is -2.13. The van der Waals surface area contributed by atoms with E-state index in [1.165, 1.54) is 57.2 Å². The molecule has 0 spiro atoms. The fraction of sp³-hybridized carbons (Fsp3) is 0.0769. The van der Waals surface area contributed by atoms with Crippen LogP contribution in [0.2, 0.25) is 0 Å². The fourth-order valence-corrected chi connectivity index (χ4v) is 3.93. The number of rotatable bonds is 0. The molecule has 36 heavy (non-hydrogen) atoms. The topological polar surface area (TPSA) is 168 Å². The van der Waals surface area contributed by atoms with Gasteiger partial charge in [-0.2, -0.15) is 0 Å². The zero-order chi connectivity index (χ0) is 26.2. The first kappa shape index (κ1) is 25.5. The average Bonchev–Trinajstić information content (AvgIpc) is 2.86. The van der Waals surface area contributed by atoms with Gasteiger partial charge in [-0.3, -0.25) is 10.6 Å². The summed E-state index contributed by atoms with van der Waals surface area (Å²) in [6, 6.07) is 23.5. The summed E-state index contributed by atoms with van der Waals surface area (Å²) in [6.45, 7) is 0. The zero-order valence-corrected chi connectivity index (χ0v) is 19.7. The van der Waals surface area contributed by atoms with Crippen molar-refractivity contribution in [1.29, 1.82) is 0 Å². The summed E-state index contributed by atoms with van der Waals surface area (Å²) in [4.78, 5) is 39.8. The summed E-state index contributed by atoms with van der Waals surface area (Å²) < 4.78 is 0. The first-order valence-electron chi connectivity index (χ1n) is 10.9. The summed E-state index contributed by atoms with van der Waals surface area (Å²) in [7, 11) is 2.86. The molecule has 0 bridgehead atoms. The Bertz CT molecular complexity index is 1370. The smallest absolute Gasteiger partial charge is 0.322 e. The standard InChI is InChI=1S/C20H12.C4H9N3O2.C2H5N3O2/c1-5-13-6-2-11-17-18-12-4-8-14-7-3-10-16(20(14)18)15(9-1)19(13)17;1-5-3(8)7-4(9)6-2;3-1(6)5-2(4)7/h1-12H;1-2H3,(H3,5,6,7,8,9);(H5,3,4,5,6,7). The predicted molar refractivity (Wildman–Crippen MR) is 142 cm³/mol. The number of fused-ring (bicyclic) bond motifs is 2. The molecule has 0 radical (unpaired) electrons. The SMILES string of the molecule is CNC(=O)NC(=O)NC.NC(=O)NC(N)=O.c1cc2cccc3c4cccc5cccc(c(c1)c23)c54. The predicted octanol–water partition coefficient (Wildman–Crippen LogP) is 3.73. The molecule has 0 aliphatic heterocycles. The molecule has 10 heteroatoms. The van der Waals surface area contributed by atoms with Crippen molar-refractivity contribution in [2.45, 2.75) is 0 Å². The second-order valence-electron chi connectivity index (χ2n) is 7.56. The van der Waals surface area contributed by atoms with E-state index in [-0.39, 0.29) is 0 Å². The Morgan fingerprint density at radius 1 is 0.528 bits per heavy atom. The summed E-state index contributed by atoms with van der Waals surface area (Å²) >= 11 is 0. The number of nitrogens with two attached hydrogens (primary N) is 2. The van der Waals surface area contributed by atoms with Crippen LogP contribution in [0.25, 0.3) is 43.1 Å². The van der Waals surface area contributed by atoms with Gasteiger partial charge in [0.1, 0.15) is 0 Å². The maximum absolute atomic E-state index is 10.3. The monoisotopic (exact) mass is 486 g/mol. The van der Waals surface area contributed by atoms with Gasteiger partial charge in [0.15, 0.2) is 0 Å². The normalized spacial score (nSPS) is 10.1. The van der Waals surface area contributed by atoms with E-state index in [2.05, 4.69) is 94.9 Å². The first-order chi connectivity index (χ1) is 17.3. The highest BCUT2D eigenvalue weighted by Gasteiger charge is 2.11. The minimum atomic E-state index is -0.938. The molecule has 0 aliphatic rings. The number of benzene rings is 5.